The lowest BCUT2D eigenvalue weighted by atomic mass is 10.0. The van der Waals surface area contributed by atoms with Crippen LogP contribution in [0.15, 0.2) is 6.20 Å². The van der Waals surface area contributed by atoms with Crippen molar-refractivity contribution in [3.63, 3.8) is 0 Å². The van der Waals surface area contributed by atoms with Crippen molar-refractivity contribution < 1.29 is 24.5 Å². The maximum absolute atomic E-state index is 11.4. The highest BCUT2D eigenvalue weighted by Crippen LogP contribution is 2.21. The second-order valence-electron chi connectivity index (χ2n) is 3.36. The lowest BCUT2D eigenvalue weighted by Gasteiger charge is -2.14. The molecule has 4 N–H and O–H groups in total. The first-order chi connectivity index (χ1) is 7.90. The van der Waals surface area contributed by atoms with Gasteiger partial charge in [0, 0.05) is 12.6 Å². The third-order valence-electron chi connectivity index (χ3n) is 2.26. The van der Waals surface area contributed by atoms with E-state index in [2.05, 4.69) is 9.84 Å². The minimum absolute atomic E-state index is 0.0225. The number of hydrogen-bond donors (Lipinski definition) is 3. The summed E-state index contributed by atoms with van der Waals surface area (Å²) in [6.07, 6.45) is -2.29. The van der Waals surface area contributed by atoms with Crippen LogP contribution in [-0.2, 0) is 16.6 Å². The van der Waals surface area contributed by atoms with E-state index in [1.54, 1.807) is 0 Å². The SMILES string of the molecule is COC(=O)c1c(C(O)C(O)C(N)=O)cnn1C. The number of aromatic nitrogens is 2. The van der Waals surface area contributed by atoms with Crippen LogP contribution in [0.3, 0.4) is 0 Å². The van der Waals surface area contributed by atoms with E-state index in [1.807, 2.05) is 0 Å². The Morgan fingerprint density at radius 1 is 1.53 bits per heavy atom. The number of carbonyl (C=O) groups is 2. The van der Waals surface area contributed by atoms with Crippen molar-refractivity contribution in [3.8, 4) is 0 Å². The average molecular weight is 243 g/mol. The van der Waals surface area contributed by atoms with Gasteiger partial charge in [0.1, 0.15) is 6.10 Å². The van der Waals surface area contributed by atoms with Crippen LogP contribution in [0.25, 0.3) is 0 Å². The first-order valence-corrected chi connectivity index (χ1v) is 4.65. The molecule has 2 unspecified atom stereocenters. The highest BCUT2D eigenvalue weighted by molar-refractivity contribution is 5.89. The van der Waals surface area contributed by atoms with Gasteiger partial charge in [-0.3, -0.25) is 9.48 Å². The van der Waals surface area contributed by atoms with Crippen molar-refractivity contribution in [2.24, 2.45) is 12.8 Å². The summed E-state index contributed by atoms with van der Waals surface area (Å²) < 4.78 is 5.66. The number of esters is 1. The maximum atomic E-state index is 11.4. The second-order valence-corrected chi connectivity index (χ2v) is 3.36. The van der Waals surface area contributed by atoms with E-state index < -0.39 is 24.1 Å². The molecule has 0 radical (unpaired) electrons. The molecule has 0 aliphatic carbocycles. The highest BCUT2D eigenvalue weighted by atomic mass is 16.5. The number of aryl methyl sites for hydroxylation is 1. The molecule has 1 rings (SSSR count). The zero-order valence-electron chi connectivity index (χ0n) is 9.32. The fourth-order valence-corrected chi connectivity index (χ4v) is 1.34. The van der Waals surface area contributed by atoms with Crippen LogP contribution in [0, 0.1) is 0 Å². The van der Waals surface area contributed by atoms with Crippen LogP contribution in [-0.4, -0.2) is 45.1 Å². The van der Waals surface area contributed by atoms with Gasteiger partial charge in [-0.2, -0.15) is 5.10 Å². The van der Waals surface area contributed by atoms with Gasteiger partial charge in [-0.1, -0.05) is 0 Å². The van der Waals surface area contributed by atoms with E-state index >= 15 is 0 Å². The summed E-state index contributed by atoms with van der Waals surface area (Å²) >= 11 is 0. The molecule has 1 amide bonds. The number of ether oxygens (including phenoxy) is 1. The third kappa shape index (κ3) is 2.43. The summed E-state index contributed by atoms with van der Waals surface area (Å²) in [7, 11) is 2.62. The van der Waals surface area contributed by atoms with Crippen LogP contribution in [0.1, 0.15) is 22.2 Å². The topological polar surface area (TPSA) is 128 Å². The standard InChI is InChI=1S/C9H13N3O5/c1-12-5(9(16)17-2)4(3-11-12)6(13)7(14)8(10)15/h3,6-7,13-14H,1-2H3,(H2,10,15). The molecule has 0 saturated carbocycles. The molecular weight excluding hydrogens is 230 g/mol. The van der Waals surface area contributed by atoms with Crippen LogP contribution < -0.4 is 5.73 Å². The van der Waals surface area contributed by atoms with E-state index in [0.717, 1.165) is 18.0 Å². The van der Waals surface area contributed by atoms with Crippen LogP contribution in [0.5, 0.6) is 0 Å². The zero-order chi connectivity index (χ0) is 13.2. The normalized spacial score (nSPS) is 14.1. The summed E-state index contributed by atoms with van der Waals surface area (Å²) in [6.45, 7) is 0. The van der Waals surface area contributed by atoms with Gasteiger partial charge >= 0.3 is 5.97 Å². The predicted octanol–water partition coefficient (Wildman–Crippen LogP) is -1.91. The van der Waals surface area contributed by atoms with Crippen LogP contribution >= 0.6 is 0 Å². The molecule has 0 fully saturated rings. The third-order valence-corrected chi connectivity index (χ3v) is 2.26. The number of rotatable bonds is 4. The average Bonchev–Trinajstić information content (AvgIpc) is 2.68. The Kier molecular flexibility index (Phi) is 3.81. The first-order valence-electron chi connectivity index (χ1n) is 4.65. The molecule has 1 heterocycles. The minimum Gasteiger partial charge on any atom is -0.464 e. The number of hydrogen-bond acceptors (Lipinski definition) is 6. The van der Waals surface area contributed by atoms with E-state index in [-0.39, 0.29) is 11.3 Å². The molecule has 0 spiro atoms. The van der Waals surface area contributed by atoms with E-state index in [4.69, 9.17) is 5.73 Å². The summed E-state index contributed by atoms with van der Waals surface area (Å²) in [6, 6.07) is 0. The highest BCUT2D eigenvalue weighted by Gasteiger charge is 2.30. The molecule has 0 aliphatic rings. The van der Waals surface area contributed by atoms with Crippen molar-refractivity contribution in [2.45, 2.75) is 12.2 Å². The van der Waals surface area contributed by atoms with E-state index in [0.29, 0.717) is 0 Å². The number of amides is 1. The fraction of sp³-hybridized carbons (Fsp3) is 0.444. The van der Waals surface area contributed by atoms with Gasteiger partial charge in [0.05, 0.1) is 13.3 Å². The van der Waals surface area contributed by atoms with Crippen LogP contribution in [0.2, 0.25) is 0 Å². The molecule has 1 aromatic heterocycles. The Bertz CT molecular complexity index is 442. The van der Waals surface area contributed by atoms with Crippen molar-refractivity contribution in [2.75, 3.05) is 7.11 Å². The number of methoxy groups -OCH3 is 1. The Hall–Kier alpha value is -1.93. The quantitative estimate of drug-likeness (QED) is 0.529. The van der Waals surface area contributed by atoms with E-state index in [1.165, 1.54) is 7.05 Å². The van der Waals surface area contributed by atoms with Gasteiger partial charge in [0.15, 0.2) is 11.8 Å². The Morgan fingerprint density at radius 2 is 2.12 bits per heavy atom. The second kappa shape index (κ2) is 4.93. The van der Waals surface area contributed by atoms with Gasteiger partial charge in [-0.05, 0) is 0 Å². The predicted molar refractivity (Wildman–Crippen MR) is 54.7 cm³/mol. The lowest BCUT2D eigenvalue weighted by molar-refractivity contribution is -0.132. The Labute approximate surface area is 96.6 Å². The smallest absolute Gasteiger partial charge is 0.356 e. The van der Waals surface area contributed by atoms with Gasteiger partial charge in [-0.15, -0.1) is 0 Å². The molecule has 8 heteroatoms. The number of primary amides is 1. The molecule has 8 nitrogen and oxygen atoms in total. The monoisotopic (exact) mass is 243 g/mol. The molecule has 0 aromatic carbocycles. The molecular formula is C9H13N3O5. The van der Waals surface area contributed by atoms with E-state index in [9.17, 15) is 19.8 Å². The Balaban J connectivity index is 3.14. The summed E-state index contributed by atoms with van der Waals surface area (Å²) in [5.74, 6) is -1.84. The maximum Gasteiger partial charge on any atom is 0.356 e. The van der Waals surface area contributed by atoms with Crippen molar-refractivity contribution >= 4 is 11.9 Å². The minimum atomic E-state index is -1.82. The number of nitrogens with zero attached hydrogens (tertiary/aromatic N) is 2. The number of aliphatic hydroxyl groups excluding tert-OH is 2. The summed E-state index contributed by atoms with van der Waals surface area (Å²) in [5, 5.41) is 22.7. The summed E-state index contributed by atoms with van der Waals surface area (Å²) in [4.78, 5) is 22.2. The Morgan fingerprint density at radius 3 is 2.59 bits per heavy atom. The fourth-order valence-electron chi connectivity index (χ4n) is 1.34. The molecule has 0 bridgehead atoms. The number of aliphatic hydroxyl groups is 2. The summed E-state index contributed by atoms with van der Waals surface area (Å²) in [5.41, 5.74) is 4.77. The largest absolute Gasteiger partial charge is 0.464 e. The zero-order valence-corrected chi connectivity index (χ0v) is 9.32. The van der Waals surface area contributed by atoms with Crippen molar-refractivity contribution in [3.05, 3.63) is 17.5 Å². The van der Waals surface area contributed by atoms with Gasteiger partial charge in [0.25, 0.3) is 0 Å². The molecule has 0 saturated heterocycles. The molecule has 17 heavy (non-hydrogen) atoms. The van der Waals surface area contributed by atoms with Crippen LogP contribution in [0.4, 0.5) is 0 Å². The molecule has 0 aliphatic heterocycles. The first kappa shape index (κ1) is 13.1. The lowest BCUT2D eigenvalue weighted by Crippen LogP contribution is -2.34. The number of nitrogens with two attached hydrogens (primary N) is 1. The molecule has 2 atom stereocenters. The number of carbonyl (C=O) groups excluding carboxylic acids is 2. The van der Waals surface area contributed by atoms with Gasteiger partial charge in [0.2, 0.25) is 5.91 Å². The molecule has 1 aromatic rings. The van der Waals surface area contributed by atoms with Gasteiger partial charge < -0.3 is 20.7 Å². The molecule has 94 valence electrons. The van der Waals surface area contributed by atoms with Crippen molar-refractivity contribution in [1.82, 2.24) is 9.78 Å². The van der Waals surface area contributed by atoms with Crippen molar-refractivity contribution in [1.29, 1.82) is 0 Å². The van der Waals surface area contributed by atoms with Gasteiger partial charge in [-0.25, -0.2) is 4.79 Å².